The fraction of sp³-hybridized carbons (Fsp3) is 0.278. The Morgan fingerprint density at radius 1 is 0.913 bits per heavy atom. The minimum Gasteiger partial charge on any atom is -0.493 e. The zero-order valence-corrected chi connectivity index (χ0v) is 13.7. The molecule has 0 spiro atoms. The Bertz CT molecular complexity index is 745. The molecule has 1 aliphatic rings. The minimum atomic E-state index is -0.197. The van der Waals surface area contributed by atoms with E-state index in [0.29, 0.717) is 17.1 Å². The molecule has 0 bridgehead atoms. The summed E-state index contributed by atoms with van der Waals surface area (Å²) in [5.74, 6) is 1.33. The Hall–Kier alpha value is -2.69. The number of benzene rings is 2. The lowest BCUT2D eigenvalue weighted by molar-refractivity contribution is 0.0711. The number of fused-ring (bicyclic) bond motifs is 1. The Labute approximate surface area is 136 Å². The molecule has 120 valence electrons. The number of rotatable bonds is 3. The third kappa shape index (κ3) is 2.38. The van der Waals surface area contributed by atoms with Gasteiger partial charge in [0.15, 0.2) is 11.5 Å². The number of carbonyl (C=O) groups is 1. The standard InChI is InChI=1S/C18H20N2O3/c1-19-14-8-6-5-7-13(14)18(21)20(2)17(19)12-9-10-15(22-3)16(11-12)23-4/h5-11,17H,1-4H3/t17-/m0/s1. The first-order valence-electron chi connectivity index (χ1n) is 7.39. The largest absolute Gasteiger partial charge is 0.493 e. The number of nitrogens with zero attached hydrogens (tertiary/aromatic N) is 2. The van der Waals surface area contributed by atoms with E-state index in [-0.39, 0.29) is 12.1 Å². The summed E-state index contributed by atoms with van der Waals surface area (Å²) in [6, 6.07) is 13.4. The van der Waals surface area contributed by atoms with Crippen molar-refractivity contribution >= 4 is 11.6 Å². The third-order valence-electron chi connectivity index (χ3n) is 4.27. The molecule has 3 rings (SSSR count). The number of anilines is 1. The van der Waals surface area contributed by atoms with Crippen LogP contribution in [0.4, 0.5) is 5.69 Å². The first kappa shape index (κ1) is 15.2. The Kier molecular flexibility index (Phi) is 3.86. The zero-order chi connectivity index (χ0) is 16.6. The summed E-state index contributed by atoms with van der Waals surface area (Å²) in [5, 5.41) is 0. The van der Waals surface area contributed by atoms with Crippen molar-refractivity contribution in [3.05, 3.63) is 53.6 Å². The second kappa shape index (κ2) is 5.83. The normalized spacial score (nSPS) is 17.0. The number of carbonyl (C=O) groups excluding carboxylic acids is 1. The van der Waals surface area contributed by atoms with Gasteiger partial charge < -0.3 is 19.3 Å². The highest BCUT2D eigenvalue weighted by atomic mass is 16.5. The highest BCUT2D eigenvalue weighted by Gasteiger charge is 2.34. The molecule has 0 saturated carbocycles. The van der Waals surface area contributed by atoms with Gasteiger partial charge in [-0.15, -0.1) is 0 Å². The molecule has 1 aliphatic heterocycles. The first-order chi connectivity index (χ1) is 11.1. The number of hydrogen-bond acceptors (Lipinski definition) is 4. The zero-order valence-electron chi connectivity index (χ0n) is 13.7. The van der Waals surface area contributed by atoms with Crippen LogP contribution >= 0.6 is 0 Å². The molecule has 0 unspecified atom stereocenters. The van der Waals surface area contributed by atoms with Crippen LogP contribution < -0.4 is 14.4 Å². The lowest BCUT2D eigenvalue weighted by atomic mass is 10.0. The summed E-state index contributed by atoms with van der Waals surface area (Å²) in [6.07, 6.45) is -0.197. The van der Waals surface area contributed by atoms with Crippen molar-refractivity contribution in [3.63, 3.8) is 0 Å². The highest BCUT2D eigenvalue weighted by molar-refractivity contribution is 6.01. The molecular formula is C18H20N2O3. The summed E-state index contributed by atoms with van der Waals surface area (Å²) >= 11 is 0. The number of methoxy groups -OCH3 is 2. The van der Waals surface area contributed by atoms with Crippen LogP contribution in [0.2, 0.25) is 0 Å². The Morgan fingerprint density at radius 2 is 1.61 bits per heavy atom. The van der Waals surface area contributed by atoms with Gasteiger partial charge in [0.25, 0.3) is 5.91 Å². The minimum absolute atomic E-state index is 0.0125. The summed E-state index contributed by atoms with van der Waals surface area (Å²) in [6.45, 7) is 0. The van der Waals surface area contributed by atoms with E-state index >= 15 is 0 Å². The average Bonchev–Trinajstić information content (AvgIpc) is 2.59. The van der Waals surface area contributed by atoms with Gasteiger partial charge in [0.1, 0.15) is 6.17 Å². The van der Waals surface area contributed by atoms with E-state index in [2.05, 4.69) is 4.90 Å². The molecule has 0 N–H and O–H groups in total. The van der Waals surface area contributed by atoms with Crippen LogP contribution in [0.15, 0.2) is 42.5 Å². The number of amides is 1. The van der Waals surface area contributed by atoms with Gasteiger partial charge in [-0.1, -0.05) is 18.2 Å². The van der Waals surface area contributed by atoms with Gasteiger partial charge >= 0.3 is 0 Å². The lowest BCUT2D eigenvalue weighted by Gasteiger charge is -2.42. The van der Waals surface area contributed by atoms with Gasteiger partial charge in [-0.3, -0.25) is 4.79 Å². The van der Waals surface area contributed by atoms with Gasteiger partial charge in [0.2, 0.25) is 0 Å². The van der Waals surface area contributed by atoms with Crippen LogP contribution in [0.5, 0.6) is 11.5 Å². The third-order valence-corrected chi connectivity index (χ3v) is 4.27. The van der Waals surface area contributed by atoms with Crippen LogP contribution in [0.3, 0.4) is 0 Å². The van der Waals surface area contributed by atoms with Crippen molar-refractivity contribution in [2.24, 2.45) is 0 Å². The van der Waals surface area contributed by atoms with E-state index < -0.39 is 0 Å². The van der Waals surface area contributed by atoms with Crippen molar-refractivity contribution in [3.8, 4) is 11.5 Å². The van der Waals surface area contributed by atoms with Crippen LogP contribution in [-0.2, 0) is 0 Å². The summed E-state index contributed by atoms with van der Waals surface area (Å²) in [4.78, 5) is 16.5. The first-order valence-corrected chi connectivity index (χ1v) is 7.39. The molecule has 0 saturated heterocycles. The summed E-state index contributed by atoms with van der Waals surface area (Å²) in [7, 11) is 7.02. The highest BCUT2D eigenvalue weighted by Crippen LogP contribution is 2.39. The predicted molar refractivity (Wildman–Crippen MR) is 89.2 cm³/mol. The molecule has 0 aliphatic carbocycles. The molecule has 1 amide bonds. The maximum Gasteiger partial charge on any atom is 0.257 e. The molecule has 5 nitrogen and oxygen atoms in total. The Balaban J connectivity index is 2.08. The van der Waals surface area contributed by atoms with E-state index in [1.54, 1.807) is 19.1 Å². The summed E-state index contributed by atoms with van der Waals surface area (Å²) in [5.41, 5.74) is 2.61. The maximum absolute atomic E-state index is 12.7. The second-order valence-corrected chi connectivity index (χ2v) is 5.53. The average molecular weight is 312 g/mol. The van der Waals surface area contributed by atoms with Crippen molar-refractivity contribution in [2.75, 3.05) is 33.2 Å². The molecule has 0 aromatic heterocycles. The Morgan fingerprint density at radius 3 is 2.30 bits per heavy atom. The lowest BCUT2D eigenvalue weighted by Crippen LogP contribution is -2.45. The van der Waals surface area contributed by atoms with Crippen molar-refractivity contribution in [1.82, 2.24) is 4.90 Å². The van der Waals surface area contributed by atoms with Gasteiger partial charge in [0.05, 0.1) is 25.5 Å². The van der Waals surface area contributed by atoms with Gasteiger partial charge in [-0.25, -0.2) is 0 Å². The van der Waals surface area contributed by atoms with Gasteiger partial charge in [-0.2, -0.15) is 0 Å². The SMILES string of the molecule is COc1ccc([C@@H]2N(C)C(=O)c3ccccc3N2C)cc1OC. The molecule has 0 radical (unpaired) electrons. The molecule has 23 heavy (non-hydrogen) atoms. The smallest absolute Gasteiger partial charge is 0.257 e. The van der Waals surface area contributed by atoms with Crippen molar-refractivity contribution in [1.29, 1.82) is 0 Å². The number of hydrogen-bond donors (Lipinski definition) is 0. The summed E-state index contributed by atoms with van der Waals surface area (Å²) < 4.78 is 10.7. The van der Waals surface area contributed by atoms with E-state index in [4.69, 9.17) is 9.47 Å². The van der Waals surface area contributed by atoms with E-state index in [1.165, 1.54) is 0 Å². The van der Waals surface area contributed by atoms with Gasteiger partial charge in [0, 0.05) is 14.1 Å². The molecule has 5 heteroatoms. The van der Waals surface area contributed by atoms with Crippen LogP contribution in [0, 0.1) is 0 Å². The fourth-order valence-corrected chi connectivity index (χ4v) is 3.12. The van der Waals surface area contributed by atoms with Crippen LogP contribution in [0.1, 0.15) is 22.1 Å². The van der Waals surface area contributed by atoms with E-state index in [1.807, 2.05) is 56.6 Å². The monoisotopic (exact) mass is 312 g/mol. The molecule has 1 heterocycles. The molecule has 2 aromatic rings. The van der Waals surface area contributed by atoms with Crippen LogP contribution in [0.25, 0.3) is 0 Å². The molecule has 0 fully saturated rings. The number of ether oxygens (including phenoxy) is 2. The predicted octanol–water partition coefficient (Wildman–Crippen LogP) is 2.92. The van der Waals surface area contributed by atoms with E-state index in [9.17, 15) is 4.79 Å². The topological polar surface area (TPSA) is 42.0 Å². The molecular weight excluding hydrogens is 292 g/mol. The van der Waals surface area contributed by atoms with Crippen LogP contribution in [-0.4, -0.2) is 39.1 Å². The van der Waals surface area contributed by atoms with Gasteiger partial charge in [-0.05, 0) is 29.8 Å². The van der Waals surface area contributed by atoms with E-state index in [0.717, 1.165) is 11.3 Å². The molecule has 1 atom stereocenters. The second-order valence-electron chi connectivity index (χ2n) is 5.53. The van der Waals surface area contributed by atoms with Crippen molar-refractivity contribution in [2.45, 2.75) is 6.17 Å². The quantitative estimate of drug-likeness (QED) is 0.874. The fourth-order valence-electron chi connectivity index (χ4n) is 3.12. The maximum atomic E-state index is 12.7. The number of para-hydroxylation sites is 1. The molecule has 2 aromatic carbocycles. The van der Waals surface area contributed by atoms with Crippen molar-refractivity contribution < 1.29 is 14.3 Å².